The van der Waals surface area contributed by atoms with Gasteiger partial charge in [0.15, 0.2) is 5.82 Å². The quantitative estimate of drug-likeness (QED) is 0.801. The number of hydrogen-bond donors (Lipinski definition) is 2. The first kappa shape index (κ1) is 14.2. The van der Waals surface area contributed by atoms with Crippen LogP contribution >= 0.6 is 0 Å². The lowest BCUT2D eigenvalue weighted by Gasteiger charge is -2.12. The SMILES string of the molecule is CCn1cnnc1CNC(=O)[C@H](N)Cc1ccccc1. The molecule has 0 aliphatic carbocycles. The van der Waals surface area contributed by atoms with E-state index in [2.05, 4.69) is 15.5 Å². The number of nitrogens with zero attached hydrogens (tertiary/aromatic N) is 3. The monoisotopic (exact) mass is 273 g/mol. The van der Waals surface area contributed by atoms with Gasteiger partial charge in [0, 0.05) is 6.54 Å². The average molecular weight is 273 g/mol. The summed E-state index contributed by atoms with van der Waals surface area (Å²) in [7, 11) is 0. The molecular formula is C14H19N5O. The van der Waals surface area contributed by atoms with E-state index in [9.17, 15) is 4.79 Å². The van der Waals surface area contributed by atoms with Crippen LogP contribution in [-0.2, 0) is 24.3 Å². The van der Waals surface area contributed by atoms with Gasteiger partial charge in [-0.25, -0.2) is 0 Å². The number of benzene rings is 1. The van der Waals surface area contributed by atoms with Gasteiger partial charge in [0.05, 0.1) is 12.6 Å². The zero-order valence-corrected chi connectivity index (χ0v) is 11.5. The molecule has 106 valence electrons. The van der Waals surface area contributed by atoms with Crippen LogP contribution < -0.4 is 11.1 Å². The summed E-state index contributed by atoms with van der Waals surface area (Å²) in [5, 5.41) is 10.6. The lowest BCUT2D eigenvalue weighted by molar-refractivity contribution is -0.122. The number of carbonyl (C=O) groups is 1. The molecule has 1 amide bonds. The molecule has 1 aromatic heterocycles. The Morgan fingerprint density at radius 1 is 1.40 bits per heavy atom. The van der Waals surface area contributed by atoms with Crippen molar-refractivity contribution in [2.45, 2.75) is 32.5 Å². The average Bonchev–Trinajstić information content (AvgIpc) is 2.93. The summed E-state index contributed by atoms with van der Waals surface area (Å²) in [6.45, 7) is 3.11. The van der Waals surface area contributed by atoms with Crippen molar-refractivity contribution in [2.24, 2.45) is 5.73 Å². The van der Waals surface area contributed by atoms with Gasteiger partial charge < -0.3 is 15.6 Å². The summed E-state index contributed by atoms with van der Waals surface area (Å²) in [6, 6.07) is 9.16. The van der Waals surface area contributed by atoms with E-state index in [4.69, 9.17) is 5.73 Å². The van der Waals surface area contributed by atoms with Gasteiger partial charge in [0.25, 0.3) is 0 Å². The van der Waals surface area contributed by atoms with E-state index in [1.807, 2.05) is 41.8 Å². The van der Waals surface area contributed by atoms with Gasteiger partial charge >= 0.3 is 0 Å². The number of rotatable bonds is 6. The van der Waals surface area contributed by atoms with Crippen molar-refractivity contribution >= 4 is 5.91 Å². The van der Waals surface area contributed by atoms with E-state index in [0.717, 1.165) is 17.9 Å². The van der Waals surface area contributed by atoms with E-state index >= 15 is 0 Å². The minimum atomic E-state index is -0.560. The Labute approximate surface area is 118 Å². The molecule has 0 fully saturated rings. The van der Waals surface area contributed by atoms with Crippen molar-refractivity contribution in [1.29, 1.82) is 0 Å². The molecule has 0 radical (unpaired) electrons. The van der Waals surface area contributed by atoms with Crippen LogP contribution in [0.1, 0.15) is 18.3 Å². The molecule has 6 heteroatoms. The second-order valence-electron chi connectivity index (χ2n) is 4.55. The van der Waals surface area contributed by atoms with Gasteiger partial charge in [0.2, 0.25) is 5.91 Å². The molecule has 0 aliphatic heterocycles. The highest BCUT2D eigenvalue weighted by molar-refractivity contribution is 5.81. The molecule has 0 saturated heterocycles. The van der Waals surface area contributed by atoms with Crippen LogP contribution in [0.15, 0.2) is 36.7 Å². The number of nitrogens with one attached hydrogen (secondary N) is 1. The van der Waals surface area contributed by atoms with Gasteiger partial charge in [-0.15, -0.1) is 10.2 Å². The zero-order valence-electron chi connectivity index (χ0n) is 11.5. The van der Waals surface area contributed by atoms with Crippen molar-refractivity contribution in [2.75, 3.05) is 0 Å². The highest BCUT2D eigenvalue weighted by Gasteiger charge is 2.14. The van der Waals surface area contributed by atoms with E-state index < -0.39 is 6.04 Å². The van der Waals surface area contributed by atoms with Crippen molar-refractivity contribution in [3.63, 3.8) is 0 Å². The van der Waals surface area contributed by atoms with Crippen molar-refractivity contribution in [3.05, 3.63) is 48.0 Å². The smallest absolute Gasteiger partial charge is 0.237 e. The number of hydrogen-bond acceptors (Lipinski definition) is 4. The number of nitrogens with two attached hydrogens (primary N) is 1. The molecule has 0 bridgehead atoms. The Bertz CT molecular complexity index is 552. The van der Waals surface area contributed by atoms with Crippen molar-refractivity contribution in [3.8, 4) is 0 Å². The Morgan fingerprint density at radius 2 is 2.15 bits per heavy atom. The number of carbonyl (C=O) groups excluding carboxylic acids is 1. The second kappa shape index (κ2) is 6.81. The maximum Gasteiger partial charge on any atom is 0.237 e. The summed E-state index contributed by atoms with van der Waals surface area (Å²) < 4.78 is 1.88. The summed E-state index contributed by atoms with van der Waals surface area (Å²) >= 11 is 0. The van der Waals surface area contributed by atoms with Crippen LogP contribution in [0, 0.1) is 0 Å². The summed E-state index contributed by atoms with van der Waals surface area (Å²) in [4.78, 5) is 11.9. The third-order valence-corrected chi connectivity index (χ3v) is 3.09. The highest BCUT2D eigenvalue weighted by atomic mass is 16.2. The van der Waals surface area contributed by atoms with Crippen LogP contribution in [0.4, 0.5) is 0 Å². The predicted molar refractivity (Wildman–Crippen MR) is 75.7 cm³/mol. The highest BCUT2D eigenvalue weighted by Crippen LogP contribution is 2.02. The van der Waals surface area contributed by atoms with E-state index in [1.165, 1.54) is 0 Å². The Balaban J connectivity index is 1.85. The molecule has 2 aromatic rings. The van der Waals surface area contributed by atoms with Gasteiger partial charge in [0.1, 0.15) is 6.33 Å². The standard InChI is InChI=1S/C14H19N5O/c1-2-19-10-17-18-13(19)9-16-14(20)12(15)8-11-6-4-3-5-7-11/h3-7,10,12H,2,8-9,15H2,1H3,(H,16,20)/t12-/m1/s1. The third kappa shape index (κ3) is 3.64. The minimum Gasteiger partial charge on any atom is -0.347 e. The van der Waals surface area contributed by atoms with Crippen LogP contribution in [-0.4, -0.2) is 26.7 Å². The molecule has 0 saturated carbocycles. The van der Waals surface area contributed by atoms with E-state index in [-0.39, 0.29) is 5.91 Å². The fourth-order valence-electron chi connectivity index (χ4n) is 1.94. The molecule has 6 nitrogen and oxygen atoms in total. The Morgan fingerprint density at radius 3 is 2.85 bits per heavy atom. The second-order valence-corrected chi connectivity index (χ2v) is 4.55. The largest absolute Gasteiger partial charge is 0.347 e. The summed E-state index contributed by atoms with van der Waals surface area (Å²) in [5.41, 5.74) is 6.95. The van der Waals surface area contributed by atoms with Crippen LogP contribution in [0.3, 0.4) is 0 Å². The lowest BCUT2D eigenvalue weighted by Crippen LogP contribution is -2.42. The maximum atomic E-state index is 11.9. The molecule has 20 heavy (non-hydrogen) atoms. The van der Waals surface area contributed by atoms with Gasteiger partial charge in [-0.1, -0.05) is 30.3 Å². The van der Waals surface area contributed by atoms with Crippen LogP contribution in [0.2, 0.25) is 0 Å². The predicted octanol–water partition coefficient (Wildman–Crippen LogP) is 0.484. The molecule has 1 atom stereocenters. The molecule has 3 N–H and O–H groups in total. The van der Waals surface area contributed by atoms with Gasteiger partial charge in [-0.2, -0.15) is 0 Å². The summed E-state index contributed by atoms with van der Waals surface area (Å²) in [5.74, 6) is 0.548. The van der Waals surface area contributed by atoms with E-state index in [1.54, 1.807) is 6.33 Å². The first-order valence-electron chi connectivity index (χ1n) is 6.64. The molecule has 1 heterocycles. The maximum absolute atomic E-state index is 11.9. The fraction of sp³-hybridized carbons (Fsp3) is 0.357. The Kier molecular flexibility index (Phi) is 4.84. The number of amides is 1. The first-order valence-corrected chi connectivity index (χ1v) is 6.64. The first-order chi connectivity index (χ1) is 9.70. The number of aromatic nitrogens is 3. The topological polar surface area (TPSA) is 85.8 Å². The van der Waals surface area contributed by atoms with Gasteiger partial charge in [-0.05, 0) is 18.9 Å². The molecule has 2 rings (SSSR count). The Hall–Kier alpha value is -2.21. The summed E-state index contributed by atoms with van der Waals surface area (Å²) in [6.07, 6.45) is 2.17. The molecule has 0 spiro atoms. The van der Waals surface area contributed by atoms with Crippen molar-refractivity contribution < 1.29 is 4.79 Å². The molecule has 0 aliphatic rings. The molecule has 0 unspecified atom stereocenters. The minimum absolute atomic E-state index is 0.181. The number of aryl methyl sites for hydroxylation is 1. The normalized spacial score (nSPS) is 12.1. The zero-order chi connectivity index (χ0) is 14.4. The van der Waals surface area contributed by atoms with Crippen molar-refractivity contribution in [1.82, 2.24) is 20.1 Å². The third-order valence-electron chi connectivity index (χ3n) is 3.09. The molecule has 1 aromatic carbocycles. The van der Waals surface area contributed by atoms with Gasteiger partial charge in [-0.3, -0.25) is 4.79 Å². The fourth-order valence-corrected chi connectivity index (χ4v) is 1.94. The van der Waals surface area contributed by atoms with Crippen LogP contribution in [0.5, 0.6) is 0 Å². The molecular weight excluding hydrogens is 254 g/mol. The lowest BCUT2D eigenvalue weighted by atomic mass is 10.1. The van der Waals surface area contributed by atoms with Crippen LogP contribution in [0.25, 0.3) is 0 Å². The van der Waals surface area contributed by atoms with E-state index in [0.29, 0.717) is 13.0 Å².